The Morgan fingerprint density at radius 1 is 0.457 bits per heavy atom. The summed E-state index contributed by atoms with van der Waals surface area (Å²) in [4.78, 5) is 29.1. The van der Waals surface area contributed by atoms with Crippen LogP contribution in [0.3, 0.4) is 0 Å². The number of hydrogen-bond donors (Lipinski definition) is 2. The number of hydrogen-bond acceptors (Lipinski definition) is 4. The molecular weight excluding hydrogens is 568 g/mol. The van der Waals surface area contributed by atoms with Crippen molar-refractivity contribution in [2.24, 2.45) is 0 Å². The minimum Gasteiger partial charge on any atom is -0.353 e. The molecular formula is C40H78N4O2. The third kappa shape index (κ3) is 35.2. The Bertz CT molecular complexity index is 670. The number of nitrogens with zero attached hydrogens (tertiary/aromatic N) is 2. The van der Waals surface area contributed by atoms with E-state index in [-0.39, 0.29) is 11.8 Å². The monoisotopic (exact) mass is 647 g/mol. The quantitative estimate of drug-likeness (QED) is 0.0532. The smallest absolute Gasteiger partial charge is 0.220 e. The molecule has 0 heterocycles. The first-order chi connectivity index (χ1) is 22.5. The average Bonchev–Trinajstić information content (AvgIpc) is 3.04. The standard InChI is InChI=1S/C40H78N4O2/c1-5-7-9-11-13-19-25-33-41-39(45)31-23-17-15-21-27-36-44(38-30-29-35-43(3)4)37-28-22-16-18-24-32-40(46)42-34-26-20-14-12-10-8-6-2/h19-20,25-26H,5-18,21-24,27-38H2,1-4H3,(H,41,45)(H,42,46). The van der Waals surface area contributed by atoms with Crippen LogP contribution in [0.1, 0.15) is 168 Å². The Kier molecular flexibility index (Phi) is 34.9. The molecule has 0 saturated carbocycles. The van der Waals surface area contributed by atoms with Crippen LogP contribution in [-0.2, 0) is 9.59 Å². The summed E-state index contributed by atoms with van der Waals surface area (Å²) in [5.74, 6) is 0.387. The van der Waals surface area contributed by atoms with E-state index in [4.69, 9.17) is 0 Å². The van der Waals surface area contributed by atoms with Crippen molar-refractivity contribution in [3.05, 3.63) is 24.3 Å². The van der Waals surface area contributed by atoms with Gasteiger partial charge in [0, 0.05) is 25.9 Å². The van der Waals surface area contributed by atoms with E-state index in [1.54, 1.807) is 0 Å². The molecule has 6 heteroatoms. The molecule has 46 heavy (non-hydrogen) atoms. The molecule has 0 rings (SSSR count). The predicted molar refractivity (Wildman–Crippen MR) is 201 cm³/mol. The number of rotatable bonds is 35. The number of unbranched alkanes of at least 4 members (excludes halogenated alkanes) is 17. The van der Waals surface area contributed by atoms with Crippen molar-refractivity contribution in [2.45, 2.75) is 168 Å². The van der Waals surface area contributed by atoms with Crippen LogP contribution in [0, 0.1) is 0 Å². The van der Waals surface area contributed by atoms with Crippen LogP contribution in [0.4, 0.5) is 0 Å². The Labute approximate surface area is 287 Å². The summed E-state index contributed by atoms with van der Waals surface area (Å²) in [6, 6.07) is 0. The van der Waals surface area contributed by atoms with Gasteiger partial charge in [-0.25, -0.2) is 0 Å². The second-order valence-corrected chi connectivity index (χ2v) is 13.6. The molecule has 2 amide bonds. The maximum atomic E-state index is 12.1. The Morgan fingerprint density at radius 2 is 0.826 bits per heavy atom. The number of allylic oxidation sites excluding steroid dienone is 2. The van der Waals surface area contributed by atoms with Gasteiger partial charge in [0.1, 0.15) is 0 Å². The zero-order valence-electron chi connectivity index (χ0n) is 31.2. The van der Waals surface area contributed by atoms with E-state index in [1.165, 1.54) is 129 Å². The first-order valence-electron chi connectivity index (χ1n) is 19.7. The van der Waals surface area contributed by atoms with E-state index < -0.39 is 0 Å². The van der Waals surface area contributed by atoms with E-state index in [2.05, 4.69) is 72.7 Å². The van der Waals surface area contributed by atoms with E-state index in [0.29, 0.717) is 25.9 Å². The molecule has 0 spiro atoms. The van der Waals surface area contributed by atoms with Gasteiger partial charge in [-0.3, -0.25) is 9.59 Å². The maximum Gasteiger partial charge on any atom is 0.220 e. The first kappa shape index (κ1) is 44.3. The summed E-state index contributed by atoms with van der Waals surface area (Å²) in [6.45, 7) is 10.6. The second-order valence-electron chi connectivity index (χ2n) is 13.6. The van der Waals surface area contributed by atoms with Gasteiger partial charge in [0.2, 0.25) is 11.8 Å². The van der Waals surface area contributed by atoms with Gasteiger partial charge in [0.05, 0.1) is 0 Å². The van der Waals surface area contributed by atoms with Crippen molar-refractivity contribution in [2.75, 3.05) is 53.4 Å². The Morgan fingerprint density at radius 3 is 1.26 bits per heavy atom. The van der Waals surface area contributed by atoms with Crippen LogP contribution >= 0.6 is 0 Å². The molecule has 0 atom stereocenters. The van der Waals surface area contributed by atoms with E-state index in [0.717, 1.165) is 38.5 Å². The highest BCUT2D eigenvalue weighted by Crippen LogP contribution is 2.11. The molecule has 270 valence electrons. The first-order valence-corrected chi connectivity index (χ1v) is 19.7. The average molecular weight is 647 g/mol. The lowest BCUT2D eigenvalue weighted by Crippen LogP contribution is -2.28. The van der Waals surface area contributed by atoms with Crippen LogP contribution in [0.15, 0.2) is 24.3 Å². The highest BCUT2D eigenvalue weighted by molar-refractivity contribution is 5.76. The minimum absolute atomic E-state index is 0.194. The molecule has 2 N–H and O–H groups in total. The molecule has 0 aliphatic rings. The van der Waals surface area contributed by atoms with E-state index in [9.17, 15) is 9.59 Å². The van der Waals surface area contributed by atoms with Gasteiger partial charge in [-0.05, 0) is 104 Å². The van der Waals surface area contributed by atoms with Crippen molar-refractivity contribution in [1.82, 2.24) is 20.4 Å². The van der Waals surface area contributed by atoms with Gasteiger partial charge in [0.15, 0.2) is 0 Å². The van der Waals surface area contributed by atoms with Gasteiger partial charge >= 0.3 is 0 Å². The highest BCUT2D eigenvalue weighted by atomic mass is 16.2. The van der Waals surface area contributed by atoms with Crippen molar-refractivity contribution in [3.63, 3.8) is 0 Å². The molecule has 6 nitrogen and oxygen atoms in total. The molecule has 0 aliphatic carbocycles. The molecule has 0 aromatic heterocycles. The molecule has 0 unspecified atom stereocenters. The topological polar surface area (TPSA) is 64.7 Å². The van der Waals surface area contributed by atoms with Crippen LogP contribution in [0.25, 0.3) is 0 Å². The lowest BCUT2D eigenvalue weighted by molar-refractivity contribution is -0.121. The van der Waals surface area contributed by atoms with Gasteiger partial charge in [-0.1, -0.05) is 115 Å². The molecule has 0 saturated heterocycles. The molecule has 0 aromatic carbocycles. The SMILES string of the molecule is CCCCCCC=CCNC(=O)CCCCCCCN(CCCCCCCC(=O)NCC=CCCCCCC)CCCCN(C)C. The third-order valence-electron chi connectivity index (χ3n) is 8.70. The van der Waals surface area contributed by atoms with Gasteiger partial charge in [-0.2, -0.15) is 0 Å². The second kappa shape index (κ2) is 36.2. The fourth-order valence-electron chi connectivity index (χ4n) is 5.70. The van der Waals surface area contributed by atoms with E-state index in [1.807, 2.05) is 0 Å². The summed E-state index contributed by atoms with van der Waals surface area (Å²) in [7, 11) is 4.32. The summed E-state index contributed by atoms with van der Waals surface area (Å²) in [5, 5.41) is 6.07. The zero-order valence-corrected chi connectivity index (χ0v) is 31.2. The van der Waals surface area contributed by atoms with Crippen LogP contribution in [0.5, 0.6) is 0 Å². The predicted octanol–water partition coefficient (Wildman–Crippen LogP) is 9.60. The maximum absolute atomic E-state index is 12.1. The van der Waals surface area contributed by atoms with E-state index >= 15 is 0 Å². The van der Waals surface area contributed by atoms with Crippen LogP contribution in [-0.4, -0.2) is 75.0 Å². The fourth-order valence-corrected chi connectivity index (χ4v) is 5.70. The normalized spacial score (nSPS) is 11.9. The Balaban J connectivity index is 3.93. The van der Waals surface area contributed by atoms with Gasteiger partial charge in [0.25, 0.3) is 0 Å². The number of nitrogens with one attached hydrogen (secondary N) is 2. The third-order valence-corrected chi connectivity index (χ3v) is 8.70. The number of carbonyl (C=O) groups excluding carboxylic acids is 2. The zero-order chi connectivity index (χ0) is 33.8. The Hall–Kier alpha value is -1.66. The summed E-state index contributed by atoms with van der Waals surface area (Å²) in [5.41, 5.74) is 0. The van der Waals surface area contributed by atoms with Gasteiger partial charge < -0.3 is 20.4 Å². The number of amides is 2. The van der Waals surface area contributed by atoms with Crippen molar-refractivity contribution >= 4 is 11.8 Å². The lowest BCUT2D eigenvalue weighted by Gasteiger charge is -2.23. The van der Waals surface area contributed by atoms with Crippen molar-refractivity contribution in [1.29, 1.82) is 0 Å². The fraction of sp³-hybridized carbons (Fsp3) is 0.850. The molecule has 0 aromatic rings. The molecule has 0 radical (unpaired) electrons. The van der Waals surface area contributed by atoms with Crippen LogP contribution < -0.4 is 10.6 Å². The summed E-state index contributed by atoms with van der Waals surface area (Å²) >= 11 is 0. The number of carbonyl (C=O) groups is 2. The highest BCUT2D eigenvalue weighted by Gasteiger charge is 2.06. The summed E-state index contributed by atoms with van der Waals surface area (Å²) in [6.07, 6.45) is 36.8. The minimum atomic E-state index is 0.194. The summed E-state index contributed by atoms with van der Waals surface area (Å²) < 4.78 is 0. The largest absolute Gasteiger partial charge is 0.353 e. The van der Waals surface area contributed by atoms with Crippen molar-refractivity contribution < 1.29 is 9.59 Å². The molecule has 0 aliphatic heterocycles. The molecule has 0 bridgehead atoms. The lowest BCUT2D eigenvalue weighted by atomic mass is 10.1. The van der Waals surface area contributed by atoms with Crippen LogP contribution in [0.2, 0.25) is 0 Å². The molecule has 0 fully saturated rings. The van der Waals surface area contributed by atoms with Gasteiger partial charge in [-0.15, -0.1) is 0 Å². The van der Waals surface area contributed by atoms with Crippen molar-refractivity contribution in [3.8, 4) is 0 Å².